The van der Waals surface area contributed by atoms with Crippen molar-refractivity contribution in [3.05, 3.63) is 24.3 Å². The largest absolute Gasteiger partial charge is 0.390 e. The van der Waals surface area contributed by atoms with Gasteiger partial charge >= 0.3 is 6.03 Å². The van der Waals surface area contributed by atoms with Gasteiger partial charge in [-0.2, -0.15) is 0 Å². The predicted octanol–water partition coefficient (Wildman–Crippen LogP) is -0.790. The van der Waals surface area contributed by atoms with E-state index in [0.717, 1.165) is 0 Å². The molecule has 1 aliphatic rings. The number of nitrogens with two attached hydrogens (primary N) is 1. The van der Waals surface area contributed by atoms with E-state index in [1.165, 1.54) is 24.3 Å². The van der Waals surface area contributed by atoms with E-state index in [1.54, 1.807) is 0 Å². The number of urea groups is 1. The van der Waals surface area contributed by atoms with E-state index < -0.39 is 28.2 Å². The third-order valence-electron chi connectivity index (χ3n) is 2.92. The fourth-order valence-electron chi connectivity index (χ4n) is 1.91. The molecule has 0 spiro atoms. The van der Waals surface area contributed by atoms with Gasteiger partial charge in [-0.25, -0.2) is 17.9 Å². The fourth-order valence-corrected chi connectivity index (χ4v) is 3.18. The van der Waals surface area contributed by atoms with Gasteiger partial charge in [0, 0.05) is 18.8 Å². The zero-order valence-electron chi connectivity index (χ0n) is 10.9. The molecular formula is C11H17ClN4O4S. The van der Waals surface area contributed by atoms with Crippen molar-refractivity contribution in [2.75, 3.05) is 18.4 Å². The number of halogens is 1. The molecule has 1 saturated heterocycles. The minimum atomic E-state index is -3.72. The summed E-state index contributed by atoms with van der Waals surface area (Å²) >= 11 is 0. The summed E-state index contributed by atoms with van der Waals surface area (Å²) in [6.07, 6.45) is -0.749. The third kappa shape index (κ3) is 4.55. The minimum absolute atomic E-state index is 0. The van der Waals surface area contributed by atoms with Crippen LogP contribution >= 0.6 is 12.4 Å². The highest BCUT2D eigenvalue weighted by Gasteiger charge is 2.29. The summed E-state index contributed by atoms with van der Waals surface area (Å²) < 4.78 is 26.6. The van der Waals surface area contributed by atoms with Crippen molar-refractivity contribution < 1.29 is 18.3 Å². The number of primary amides is 1. The molecule has 0 bridgehead atoms. The van der Waals surface area contributed by atoms with Crippen LogP contribution in [0.5, 0.6) is 0 Å². The molecule has 10 heteroatoms. The number of β-amino-alcohol motifs (C(OH)–C–C–N with tert-alkyl or cyclic N) is 1. The number of hydrogen-bond acceptors (Lipinski definition) is 5. The molecule has 2 amide bonds. The number of amides is 2. The highest BCUT2D eigenvalue weighted by Crippen LogP contribution is 2.15. The van der Waals surface area contributed by atoms with Crippen LogP contribution in [-0.4, -0.2) is 44.8 Å². The van der Waals surface area contributed by atoms with E-state index in [9.17, 15) is 18.3 Å². The molecule has 8 nitrogen and oxygen atoms in total. The molecule has 0 aromatic heterocycles. The molecule has 1 aliphatic heterocycles. The van der Waals surface area contributed by atoms with Gasteiger partial charge in [-0.05, 0) is 24.3 Å². The Hall–Kier alpha value is -1.39. The molecule has 6 N–H and O–H groups in total. The van der Waals surface area contributed by atoms with Crippen LogP contribution in [-0.2, 0) is 10.0 Å². The second kappa shape index (κ2) is 7.05. The maximum atomic E-state index is 12.1. The number of carbonyl (C=O) groups is 1. The molecule has 21 heavy (non-hydrogen) atoms. The number of nitrogens with one attached hydrogen (secondary N) is 3. The SMILES string of the molecule is Cl.NC(=O)Nc1ccc(S(=O)(=O)N[C@@H]2CNC[C@H]2O)cc1. The number of sulfonamides is 1. The molecule has 0 aliphatic carbocycles. The molecule has 1 fully saturated rings. The zero-order chi connectivity index (χ0) is 14.8. The molecule has 2 atom stereocenters. The third-order valence-corrected chi connectivity index (χ3v) is 4.43. The van der Waals surface area contributed by atoms with Crippen LogP contribution in [0.4, 0.5) is 10.5 Å². The summed E-state index contributed by atoms with van der Waals surface area (Å²) in [7, 11) is -3.72. The van der Waals surface area contributed by atoms with Crippen LogP contribution < -0.4 is 21.1 Å². The Morgan fingerprint density at radius 3 is 2.38 bits per heavy atom. The van der Waals surface area contributed by atoms with Gasteiger partial charge in [0.15, 0.2) is 0 Å². The van der Waals surface area contributed by atoms with Crippen LogP contribution in [0.2, 0.25) is 0 Å². The summed E-state index contributed by atoms with van der Waals surface area (Å²) in [6.45, 7) is 0.733. The van der Waals surface area contributed by atoms with Crippen LogP contribution in [0.3, 0.4) is 0 Å². The summed E-state index contributed by atoms with van der Waals surface area (Å²) in [4.78, 5) is 10.7. The Kier molecular flexibility index (Phi) is 5.93. The van der Waals surface area contributed by atoms with Gasteiger partial charge in [0.2, 0.25) is 10.0 Å². The highest BCUT2D eigenvalue weighted by atomic mass is 35.5. The van der Waals surface area contributed by atoms with E-state index in [1.807, 2.05) is 0 Å². The van der Waals surface area contributed by atoms with Crippen molar-refractivity contribution in [3.63, 3.8) is 0 Å². The quantitative estimate of drug-likeness (QED) is 0.491. The number of carbonyl (C=O) groups excluding carboxylic acids is 1. The van der Waals surface area contributed by atoms with Crippen molar-refractivity contribution in [2.24, 2.45) is 5.73 Å². The number of hydrogen-bond donors (Lipinski definition) is 5. The second-order valence-electron chi connectivity index (χ2n) is 4.47. The van der Waals surface area contributed by atoms with Crippen LogP contribution in [0.1, 0.15) is 0 Å². The molecule has 0 saturated carbocycles. The Balaban J connectivity index is 0.00000220. The summed E-state index contributed by atoms with van der Waals surface area (Å²) in [5.74, 6) is 0. The monoisotopic (exact) mass is 336 g/mol. The van der Waals surface area contributed by atoms with Gasteiger partial charge in [-0.3, -0.25) is 0 Å². The summed E-state index contributed by atoms with van der Waals surface area (Å²) in [6, 6.07) is 4.29. The smallest absolute Gasteiger partial charge is 0.316 e. The lowest BCUT2D eigenvalue weighted by Crippen LogP contribution is -2.42. The molecule has 1 aromatic carbocycles. The first-order valence-electron chi connectivity index (χ1n) is 5.96. The maximum absolute atomic E-state index is 12.1. The Morgan fingerprint density at radius 1 is 1.29 bits per heavy atom. The van der Waals surface area contributed by atoms with Crippen LogP contribution in [0.25, 0.3) is 0 Å². The summed E-state index contributed by atoms with van der Waals surface area (Å²) in [5, 5.41) is 14.8. The second-order valence-corrected chi connectivity index (χ2v) is 6.18. The average Bonchev–Trinajstić information content (AvgIpc) is 2.74. The van der Waals surface area contributed by atoms with Gasteiger partial charge in [0.1, 0.15) is 0 Å². The Bertz CT molecular complexity index is 593. The van der Waals surface area contributed by atoms with E-state index in [-0.39, 0.29) is 17.3 Å². The standard InChI is InChI=1S/C11H16N4O4S.ClH/c12-11(17)14-7-1-3-8(4-2-7)20(18,19)15-9-5-13-6-10(9)16;/h1-4,9-10,13,15-16H,5-6H2,(H3,12,14,17);1H/t9-,10-;/m1./s1. The Morgan fingerprint density at radius 2 is 1.90 bits per heavy atom. The van der Waals surface area contributed by atoms with E-state index in [2.05, 4.69) is 15.4 Å². The van der Waals surface area contributed by atoms with Gasteiger partial charge in [-0.1, -0.05) is 0 Å². The minimum Gasteiger partial charge on any atom is -0.390 e. The molecule has 1 heterocycles. The number of anilines is 1. The van der Waals surface area contributed by atoms with Gasteiger partial charge in [-0.15, -0.1) is 12.4 Å². The van der Waals surface area contributed by atoms with E-state index >= 15 is 0 Å². The number of aliphatic hydroxyl groups excluding tert-OH is 1. The van der Waals surface area contributed by atoms with Gasteiger partial charge in [0.25, 0.3) is 0 Å². The molecular weight excluding hydrogens is 320 g/mol. The topological polar surface area (TPSA) is 134 Å². The lowest BCUT2D eigenvalue weighted by Gasteiger charge is -2.15. The normalized spacial score (nSPS) is 21.6. The molecule has 118 valence electrons. The molecule has 2 rings (SSSR count). The Labute approximate surface area is 128 Å². The fraction of sp³-hybridized carbons (Fsp3) is 0.364. The van der Waals surface area contributed by atoms with E-state index in [0.29, 0.717) is 18.8 Å². The first-order chi connectivity index (χ1) is 9.38. The average molecular weight is 337 g/mol. The first-order valence-corrected chi connectivity index (χ1v) is 7.44. The number of rotatable bonds is 4. The molecule has 1 aromatic rings. The molecule has 0 radical (unpaired) electrons. The summed E-state index contributed by atoms with van der Waals surface area (Å²) in [5.41, 5.74) is 5.36. The lowest BCUT2D eigenvalue weighted by molar-refractivity contribution is 0.173. The molecule has 0 unspecified atom stereocenters. The van der Waals surface area contributed by atoms with Crippen molar-refractivity contribution >= 4 is 34.1 Å². The van der Waals surface area contributed by atoms with Crippen LogP contribution in [0, 0.1) is 0 Å². The first kappa shape index (κ1) is 17.7. The number of aliphatic hydroxyl groups is 1. The van der Waals surface area contributed by atoms with Crippen LogP contribution in [0.15, 0.2) is 29.2 Å². The van der Waals surface area contributed by atoms with Crippen molar-refractivity contribution in [1.82, 2.24) is 10.0 Å². The van der Waals surface area contributed by atoms with Crippen molar-refractivity contribution in [2.45, 2.75) is 17.0 Å². The lowest BCUT2D eigenvalue weighted by atomic mass is 10.2. The van der Waals surface area contributed by atoms with E-state index in [4.69, 9.17) is 5.73 Å². The highest BCUT2D eigenvalue weighted by molar-refractivity contribution is 7.89. The predicted molar refractivity (Wildman–Crippen MR) is 79.9 cm³/mol. The van der Waals surface area contributed by atoms with Crippen molar-refractivity contribution in [1.29, 1.82) is 0 Å². The van der Waals surface area contributed by atoms with Gasteiger partial charge < -0.3 is 21.5 Å². The zero-order valence-corrected chi connectivity index (χ0v) is 12.6. The van der Waals surface area contributed by atoms with Crippen molar-refractivity contribution in [3.8, 4) is 0 Å². The van der Waals surface area contributed by atoms with Gasteiger partial charge in [0.05, 0.1) is 17.0 Å². The maximum Gasteiger partial charge on any atom is 0.316 e. The number of benzene rings is 1.